The van der Waals surface area contributed by atoms with Crippen molar-refractivity contribution in [2.24, 2.45) is 0 Å². The van der Waals surface area contributed by atoms with E-state index in [0.717, 1.165) is 44.0 Å². The van der Waals surface area contributed by atoms with E-state index in [4.69, 9.17) is 4.74 Å². The van der Waals surface area contributed by atoms with Crippen LogP contribution in [0, 0.1) is 0 Å². The third-order valence-corrected chi connectivity index (χ3v) is 3.94. The maximum atomic E-state index is 9.93. The van der Waals surface area contributed by atoms with Crippen LogP contribution in [0.3, 0.4) is 0 Å². The number of rotatable bonds is 4. The zero-order valence-corrected chi connectivity index (χ0v) is 12.1. The highest BCUT2D eigenvalue weighted by atomic mass is 16.5. The Hall–Kier alpha value is -1.26. The SMILES string of the molecule is CCN1CCN(Cc2cc(OC)ccc2O)CC1C. The lowest BCUT2D eigenvalue weighted by atomic mass is 10.1. The van der Waals surface area contributed by atoms with Crippen LogP contribution in [0.15, 0.2) is 18.2 Å². The number of likely N-dealkylation sites (N-methyl/N-ethyl adjacent to an activating group) is 1. The van der Waals surface area contributed by atoms with Gasteiger partial charge in [0.05, 0.1) is 7.11 Å². The third kappa shape index (κ3) is 3.39. The van der Waals surface area contributed by atoms with Crippen LogP contribution < -0.4 is 4.74 Å². The summed E-state index contributed by atoms with van der Waals surface area (Å²) >= 11 is 0. The van der Waals surface area contributed by atoms with Crippen LogP contribution in [0.2, 0.25) is 0 Å². The number of phenolic OH excluding ortho intramolecular Hbond substituents is 1. The summed E-state index contributed by atoms with van der Waals surface area (Å²) in [7, 11) is 1.65. The average molecular weight is 264 g/mol. The molecular weight excluding hydrogens is 240 g/mol. The number of aromatic hydroxyl groups is 1. The Morgan fingerprint density at radius 3 is 2.79 bits per heavy atom. The molecule has 4 heteroatoms. The van der Waals surface area contributed by atoms with E-state index in [0.29, 0.717) is 11.8 Å². The lowest BCUT2D eigenvalue weighted by Crippen LogP contribution is -2.51. The monoisotopic (exact) mass is 264 g/mol. The number of phenols is 1. The first-order valence-electron chi connectivity index (χ1n) is 6.96. The third-order valence-electron chi connectivity index (χ3n) is 3.94. The van der Waals surface area contributed by atoms with Crippen molar-refractivity contribution in [3.8, 4) is 11.5 Å². The van der Waals surface area contributed by atoms with Crippen molar-refractivity contribution in [1.29, 1.82) is 0 Å². The minimum atomic E-state index is 0.353. The highest BCUT2D eigenvalue weighted by molar-refractivity contribution is 5.39. The normalized spacial score (nSPS) is 21.5. The average Bonchev–Trinajstić information content (AvgIpc) is 2.41. The van der Waals surface area contributed by atoms with E-state index in [1.807, 2.05) is 6.07 Å². The molecule has 0 aliphatic carbocycles. The second-order valence-corrected chi connectivity index (χ2v) is 5.21. The fourth-order valence-electron chi connectivity index (χ4n) is 2.74. The van der Waals surface area contributed by atoms with Crippen molar-refractivity contribution >= 4 is 0 Å². The molecule has 1 N–H and O–H groups in total. The van der Waals surface area contributed by atoms with Crippen LogP contribution in [0.25, 0.3) is 0 Å². The molecule has 4 nitrogen and oxygen atoms in total. The van der Waals surface area contributed by atoms with E-state index in [1.54, 1.807) is 19.2 Å². The number of benzene rings is 1. The van der Waals surface area contributed by atoms with Crippen LogP contribution >= 0.6 is 0 Å². The quantitative estimate of drug-likeness (QED) is 0.901. The summed E-state index contributed by atoms with van der Waals surface area (Å²) in [6, 6.07) is 5.99. The summed E-state index contributed by atoms with van der Waals surface area (Å²) < 4.78 is 5.22. The number of piperazine rings is 1. The molecule has 1 saturated heterocycles. The molecule has 1 aliphatic rings. The summed E-state index contributed by atoms with van der Waals surface area (Å²) in [5.41, 5.74) is 0.941. The Balaban J connectivity index is 2.02. The first kappa shape index (κ1) is 14.2. The molecule has 1 unspecified atom stereocenters. The van der Waals surface area contributed by atoms with Gasteiger partial charge in [0.25, 0.3) is 0 Å². The molecule has 1 aromatic carbocycles. The molecular formula is C15H24N2O2. The summed E-state index contributed by atoms with van der Waals surface area (Å²) in [5, 5.41) is 9.93. The number of hydrogen-bond donors (Lipinski definition) is 1. The molecule has 19 heavy (non-hydrogen) atoms. The Bertz CT molecular complexity index is 423. The van der Waals surface area contributed by atoms with Gasteiger partial charge in [-0.1, -0.05) is 6.92 Å². The number of nitrogens with zero attached hydrogens (tertiary/aromatic N) is 2. The zero-order chi connectivity index (χ0) is 13.8. The van der Waals surface area contributed by atoms with Crippen molar-refractivity contribution < 1.29 is 9.84 Å². The highest BCUT2D eigenvalue weighted by Gasteiger charge is 2.22. The van der Waals surface area contributed by atoms with Gasteiger partial charge in [0.2, 0.25) is 0 Å². The Kier molecular flexibility index (Phi) is 4.66. The Labute approximate surface area is 115 Å². The molecule has 0 aromatic heterocycles. The fourth-order valence-corrected chi connectivity index (χ4v) is 2.74. The molecule has 1 aliphatic heterocycles. The predicted octanol–water partition coefficient (Wildman–Crippen LogP) is 1.93. The standard InChI is InChI=1S/C15H24N2O2/c1-4-17-8-7-16(10-12(17)2)11-13-9-14(19-3)5-6-15(13)18/h5-6,9,12,18H,4,7-8,10-11H2,1-3H3. The second kappa shape index (κ2) is 6.26. The van der Waals surface area contributed by atoms with Crippen LogP contribution in [0.5, 0.6) is 11.5 Å². The zero-order valence-electron chi connectivity index (χ0n) is 12.1. The molecule has 1 fully saturated rings. The van der Waals surface area contributed by atoms with Crippen LogP contribution in [-0.2, 0) is 6.54 Å². The largest absolute Gasteiger partial charge is 0.508 e. The van der Waals surface area contributed by atoms with Gasteiger partial charge in [0, 0.05) is 37.8 Å². The summed E-state index contributed by atoms with van der Waals surface area (Å²) in [5.74, 6) is 1.15. The minimum absolute atomic E-state index is 0.353. The van der Waals surface area contributed by atoms with Gasteiger partial charge in [-0.25, -0.2) is 0 Å². The fraction of sp³-hybridized carbons (Fsp3) is 0.600. The Morgan fingerprint density at radius 1 is 1.37 bits per heavy atom. The second-order valence-electron chi connectivity index (χ2n) is 5.21. The smallest absolute Gasteiger partial charge is 0.120 e. The van der Waals surface area contributed by atoms with Gasteiger partial charge in [-0.3, -0.25) is 9.80 Å². The van der Waals surface area contributed by atoms with E-state index in [-0.39, 0.29) is 0 Å². The van der Waals surface area contributed by atoms with Gasteiger partial charge in [0.15, 0.2) is 0 Å². The van der Waals surface area contributed by atoms with E-state index in [2.05, 4.69) is 23.6 Å². The van der Waals surface area contributed by atoms with Gasteiger partial charge >= 0.3 is 0 Å². The van der Waals surface area contributed by atoms with E-state index in [1.165, 1.54) is 0 Å². The van der Waals surface area contributed by atoms with Gasteiger partial charge < -0.3 is 9.84 Å². The maximum Gasteiger partial charge on any atom is 0.120 e. The molecule has 1 heterocycles. The summed E-state index contributed by atoms with van der Waals surface area (Å²) in [6.07, 6.45) is 0. The first-order chi connectivity index (χ1) is 9.13. The van der Waals surface area contributed by atoms with Crippen LogP contribution in [0.1, 0.15) is 19.4 Å². The number of hydrogen-bond acceptors (Lipinski definition) is 4. The van der Waals surface area contributed by atoms with Crippen molar-refractivity contribution in [1.82, 2.24) is 9.80 Å². The van der Waals surface area contributed by atoms with Crippen molar-refractivity contribution in [2.75, 3.05) is 33.3 Å². The highest BCUT2D eigenvalue weighted by Crippen LogP contribution is 2.25. The topological polar surface area (TPSA) is 35.9 Å². The van der Waals surface area contributed by atoms with Crippen LogP contribution in [0.4, 0.5) is 0 Å². The van der Waals surface area contributed by atoms with Gasteiger partial charge in [-0.2, -0.15) is 0 Å². The van der Waals surface area contributed by atoms with Gasteiger partial charge in [0.1, 0.15) is 11.5 Å². The van der Waals surface area contributed by atoms with E-state index >= 15 is 0 Å². The molecule has 0 radical (unpaired) electrons. The number of ether oxygens (including phenoxy) is 1. The van der Waals surface area contributed by atoms with E-state index < -0.39 is 0 Å². The first-order valence-corrected chi connectivity index (χ1v) is 6.96. The molecule has 0 saturated carbocycles. The van der Waals surface area contributed by atoms with Crippen molar-refractivity contribution in [3.05, 3.63) is 23.8 Å². The Morgan fingerprint density at radius 2 is 2.16 bits per heavy atom. The minimum Gasteiger partial charge on any atom is -0.508 e. The summed E-state index contributed by atoms with van der Waals surface area (Å²) in [6.45, 7) is 9.56. The number of methoxy groups -OCH3 is 1. The predicted molar refractivity (Wildman–Crippen MR) is 76.6 cm³/mol. The van der Waals surface area contributed by atoms with Gasteiger partial charge in [-0.15, -0.1) is 0 Å². The molecule has 0 bridgehead atoms. The maximum absolute atomic E-state index is 9.93. The van der Waals surface area contributed by atoms with Crippen LogP contribution in [-0.4, -0.2) is 54.2 Å². The molecule has 1 atom stereocenters. The molecule has 0 spiro atoms. The van der Waals surface area contributed by atoms with Crippen molar-refractivity contribution in [2.45, 2.75) is 26.4 Å². The molecule has 2 rings (SSSR count). The lowest BCUT2D eigenvalue weighted by Gasteiger charge is -2.39. The summed E-state index contributed by atoms with van der Waals surface area (Å²) in [4.78, 5) is 4.88. The molecule has 1 aromatic rings. The molecule has 0 amide bonds. The lowest BCUT2D eigenvalue weighted by molar-refractivity contribution is 0.0829. The van der Waals surface area contributed by atoms with E-state index in [9.17, 15) is 5.11 Å². The molecule has 106 valence electrons. The van der Waals surface area contributed by atoms with Gasteiger partial charge in [-0.05, 0) is 31.7 Å². The van der Waals surface area contributed by atoms with Crippen molar-refractivity contribution in [3.63, 3.8) is 0 Å².